The zero-order chi connectivity index (χ0) is 10.3. The van der Waals surface area contributed by atoms with Gasteiger partial charge in [-0.05, 0) is 12.0 Å². The third-order valence-corrected chi connectivity index (χ3v) is 3.09. The van der Waals surface area contributed by atoms with Gasteiger partial charge in [0, 0.05) is 26.2 Å². The molecule has 0 aromatic rings. The van der Waals surface area contributed by atoms with E-state index in [0.717, 1.165) is 30.9 Å². The molecule has 2 N–H and O–H groups in total. The molecule has 2 aliphatic rings. The van der Waals surface area contributed by atoms with Crippen LogP contribution < -0.4 is 5.73 Å². The van der Waals surface area contributed by atoms with Crippen molar-refractivity contribution in [1.82, 2.24) is 9.80 Å². The molecule has 1 unspecified atom stereocenters. The van der Waals surface area contributed by atoms with E-state index in [9.17, 15) is 4.79 Å². The normalized spacial score (nSPS) is 23.5. The van der Waals surface area contributed by atoms with Crippen molar-refractivity contribution in [3.63, 3.8) is 0 Å². The molecule has 0 aromatic carbocycles. The van der Waals surface area contributed by atoms with E-state index >= 15 is 0 Å². The fourth-order valence-corrected chi connectivity index (χ4v) is 2.21. The van der Waals surface area contributed by atoms with Crippen molar-refractivity contribution in [3.05, 3.63) is 11.4 Å². The number of likely N-dealkylation sites (N-methyl/N-ethyl adjacent to an activating group) is 1. The average molecular weight is 195 g/mol. The molecule has 0 aromatic heterocycles. The molecule has 2 heterocycles. The van der Waals surface area contributed by atoms with Gasteiger partial charge < -0.3 is 10.6 Å². The molecule has 0 saturated carbocycles. The van der Waals surface area contributed by atoms with Crippen molar-refractivity contribution in [1.29, 1.82) is 0 Å². The summed E-state index contributed by atoms with van der Waals surface area (Å²) in [7, 11) is 2.02. The molecule has 0 aliphatic carbocycles. The highest BCUT2D eigenvalue weighted by atomic mass is 16.2. The zero-order valence-corrected chi connectivity index (χ0v) is 8.79. The summed E-state index contributed by atoms with van der Waals surface area (Å²) in [4.78, 5) is 15.6. The van der Waals surface area contributed by atoms with Crippen LogP contribution in [0.15, 0.2) is 11.4 Å². The van der Waals surface area contributed by atoms with Gasteiger partial charge in [-0.1, -0.05) is 6.92 Å². The third kappa shape index (κ3) is 1.21. The lowest BCUT2D eigenvalue weighted by atomic mass is 10.0. The summed E-state index contributed by atoms with van der Waals surface area (Å²) in [5, 5.41) is 0. The van der Waals surface area contributed by atoms with Gasteiger partial charge in [0.1, 0.15) is 5.82 Å². The van der Waals surface area contributed by atoms with Crippen molar-refractivity contribution in [3.8, 4) is 0 Å². The maximum atomic E-state index is 11.6. The molecular formula is C10H17N3O. The molecule has 78 valence electrons. The molecular weight excluding hydrogens is 178 g/mol. The lowest BCUT2D eigenvalue weighted by molar-refractivity contribution is -0.126. The third-order valence-electron chi connectivity index (χ3n) is 3.09. The van der Waals surface area contributed by atoms with Gasteiger partial charge in [0.05, 0.1) is 6.42 Å². The second-order valence-corrected chi connectivity index (χ2v) is 4.01. The van der Waals surface area contributed by atoms with Gasteiger partial charge in [-0.15, -0.1) is 0 Å². The van der Waals surface area contributed by atoms with Crippen LogP contribution in [-0.2, 0) is 4.79 Å². The fraction of sp³-hybridized carbons (Fsp3) is 0.700. The van der Waals surface area contributed by atoms with Crippen LogP contribution in [0.25, 0.3) is 0 Å². The van der Waals surface area contributed by atoms with Gasteiger partial charge in [-0.2, -0.15) is 0 Å². The molecule has 1 atom stereocenters. The van der Waals surface area contributed by atoms with Gasteiger partial charge in [0.25, 0.3) is 0 Å². The van der Waals surface area contributed by atoms with Crippen molar-refractivity contribution in [2.45, 2.75) is 25.8 Å². The zero-order valence-electron chi connectivity index (χ0n) is 8.79. The maximum Gasteiger partial charge on any atom is 0.232 e. The van der Waals surface area contributed by atoms with E-state index in [4.69, 9.17) is 5.73 Å². The second kappa shape index (κ2) is 3.28. The number of fused-ring (bicyclic) bond motifs is 1. The maximum absolute atomic E-state index is 11.6. The van der Waals surface area contributed by atoms with Crippen LogP contribution in [0.1, 0.15) is 19.8 Å². The van der Waals surface area contributed by atoms with Gasteiger partial charge in [0.15, 0.2) is 0 Å². The number of rotatable bonds is 2. The van der Waals surface area contributed by atoms with Crippen LogP contribution >= 0.6 is 0 Å². The van der Waals surface area contributed by atoms with Gasteiger partial charge >= 0.3 is 0 Å². The molecule has 4 nitrogen and oxygen atoms in total. The minimum Gasteiger partial charge on any atom is -0.359 e. The summed E-state index contributed by atoms with van der Waals surface area (Å²) in [6, 6.07) is 0.0412. The molecule has 0 bridgehead atoms. The van der Waals surface area contributed by atoms with Crippen LogP contribution in [0.5, 0.6) is 0 Å². The lowest BCUT2D eigenvalue weighted by Crippen LogP contribution is -2.25. The van der Waals surface area contributed by atoms with Crippen LogP contribution in [0.4, 0.5) is 0 Å². The Bertz CT molecular complexity index is 298. The van der Waals surface area contributed by atoms with Gasteiger partial charge in [-0.3, -0.25) is 9.69 Å². The first-order valence-corrected chi connectivity index (χ1v) is 5.15. The smallest absolute Gasteiger partial charge is 0.232 e. The highest BCUT2D eigenvalue weighted by Crippen LogP contribution is 2.32. The summed E-state index contributed by atoms with van der Waals surface area (Å²) in [6.45, 7) is 3.81. The molecule has 2 aliphatic heterocycles. The van der Waals surface area contributed by atoms with E-state index in [-0.39, 0.29) is 11.9 Å². The van der Waals surface area contributed by atoms with E-state index in [1.165, 1.54) is 0 Å². The summed E-state index contributed by atoms with van der Waals surface area (Å²) in [5.41, 5.74) is 7.12. The van der Waals surface area contributed by atoms with Crippen LogP contribution in [0.2, 0.25) is 0 Å². The van der Waals surface area contributed by atoms with Gasteiger partial charge in [-0.25, -0.2) is 0 Å². The van der Waals surface area contributed by atoms with Crippen molar-refractivity contribution >= 4 is 5.91 Å². The Labute approximate surface area is 84.3 Å². The molecule has 2 rings (SSSR count). The quantitative estimate of drug-likeness (QED) is 0.680. The average Bonchev–Trinajstić information content (AvgIpc) is 2.69. The fourth-order valence-electron chi connectivity index (χ4n) is 2.21. The van der Waals surface area contributed by atoms with E-state index in [1.807, 2.05) is 11.9 Å². The van der Waals surface area contributed by atoms with Gasteiger partial charge in [0.2, 0.25) is 5.91 Å². The van der Waals surface area contributed by atoms with Crippen molar-refractivity contribution < 1.29 is 4.79 Å². The summed E-state index contributed by atoms with van der Waals surface area (Å²) < 4.78 is 0. The molecule has 1 amide bonds. The molecule has 14 heavy (non-hydrogen) atoms. The number of carbonyl (C=O) groups excluding carboxylic acids is 1. The van der Waals surface area contributed by atoms with E-state index in [2.05, 4.69) is 11.8 Å². The van der Waals surface area contributed by atoms with Crippen LogP contribution in [0, 0.1) is 0 Å². The Hall–Kier alpha value is -1.03. The Balaban J connectivity index is 2.33. The number of amides is 1. The lowest BCUT2D eigenvalue weighted by Gasteiger charge is -2.18. The van der Waals surface area contributed by atoms with Crippen molar-refractivity contribution in [2.24, 2.45) is 5.73 Å². The number of carbonyl (C=O) groups is 1. The van der Waals surface area contributed by atoms with Crippen molar-refractivity contribution in [2.75, 3.05) is 20.1 Å². The molecule has 1 fully saturated rings. The number of hydrogen-bond donors (Lipinski definition) is 1. The topological polar surface area (TPSA) is 49.6 Å². The van der Waals surface area contributed by atoms with E-state index < -0.39 is 0 Å². The van der Waals surface area contributed by atoms with Crippen LogP contribution in [-0.4, -0.2) is 41.9 Å². The standard InChI is InChI=1S/C10H17N3O/c1-3-8(11)7-6-9(14)13-5-4-12(2)10(7)13/h8H,3-6,11H2,1-2H3. The highest BCUT2D eigenvalue weighted by molar-refractivity contribution is 5.85. The minimum absolute atomic E-state index is 0.0412. The Kier molecular flexibility index (Phi) is 2.23. The molecule has 0 radical (unpaired) electrons. The summed E-state index contributed by atoms with van der Waals surface area (Å²) in [6.07, 6.45) is 1.42. The Morgan fingerprint density at radius 1 is 1.50 bits per heavy atom. The SMILES string of the molecule is CCC(N)C1=C2N(C)CCN2C(=O)C1. The monoisotopic (exact) mass is 195 g/mol. The second-order valence-electron chi connectivity index (χ2n) is 4.01. The van der Waals surface area contributed by atoms with Crippen LogP contribution in [0.3, 0.4) is 0 Å². The predicted molar refractivity (Wildman–Crippen MR) is 54.3 cm³/mol. The predicted octanol–water partition coefficient (Wildman–Crippen LogP) is 0.113. The Morgan fingerprint density at radius 3 is 2.86 bits per heavy atom. The molecule has 4 heteroatoms. The molecule has 1 saturated heterocycles. The first kappa shape index (κ1) is 9.52. The highest BCUT2D eigenvalue weighted by Gasteiger charge is 2.37. The first-order valence-electron chi connectivity index (χ1n) is 5.15. The number of nitrogens with two attached hydrogens (primary N) is 1. The largest absolute Gasteiger partial charge is 0.359 e. The van der Waals surface area contributed by atoms with E-state index in [1.54, 1.807) is 0 Å². The number of nitrogens with zero attached hydrogens (tertiary/aromatic N) is 2. The molecule has 0 spiro atoms. The first-order chi connectivity index (χ1) is 6.65. The summed E-state index contributed by atoms with van der Waals surface area (Å²) >= 11 is 0. The number of hydrogen-bond acceptors (Lipinski definition) is 3. The Morgan fingerprint density at radius 2 is 2.21 bits per heavy atom. The van der Waals surface area contributed by atoms with E-state index in [0.29, 0.717) is 6.42 Å². The minimum atomic E-state index is 0.0412. The summed E-state index contributed by atoms with van der Waals surface area (Å²) in [5.74, 6) is 1.28.